The molecule has 2 aliphatic rings. The molecule has 0 amide bonds. The third kappa shape index (κ3) is 1.76. The molecule has 2 rings (SSSR count). The van der Waals surface area contributed by atoms with Crippen molar-refractivity contribution in [2.75, 3.05) is 20.3 Å². The van der Waals surface area contributed by atoms with Crippen molar-refractivity contribution in [1.29, 1.82) is 0 Å². The Balaban J connectivity index is 2.12. The van der Waals surface area contributed by atoms with E-state index in [-0.39, 0.29) is 11.9 Å². The number of aliphatic hydroxyl groups is 1. The molecule has 1 saturated carbocycles. The maximum Gasteiger partial charge on any atom is 0.311 e. The largest absolute Gasteiger partial charge is 0.465 e. The summed E-state index contributed by atoms with van der Waals surface area (Å²) in [6.45, 7) is 0.883. The Bertz CT molecular complexity index is 253. The van der Waals surface area contributed by atoms with Gasteiger partial charge < -0.3 is 14.6 Å². The summed E-state index contributed by atoms with van der Waals surface area (Å²) in [7, 11) is 1.60. The predicted octanol–water partition coefficient (Wildman–Crippen LogP) is 0.727. The summed E-state index contributed by atoms with van der Waals surface area (Å²) in [5.41, 5.74) is -0.826. The SMILES string of the molecule is COCCC1C(=O)OCC2CCCC21O. The summed E-state index contributed by atoms with van der Waals surface area (Å²) in [5.74, 6) is -0.511. The van der Waals surface area contributed by atoms with Crippen LogP contribution in [0.3, 0.4) is 0 Å². The molecule has 1 aliphatic carbocycles. The van der Waals surface area contributed by atoms with Crippen LogP contribution in [0.5, 0.6) is 0 Å². The quantitative estimate of drug-likeness (QED) is 0.704. The normalized spacial score (nSPS) is 40.0. The molecule has 1 aliphatic heterocycles. The zero-order valence-corrected chi connectivity index (χ0v) is 9.07. The lowest BCUT2D eigenvalue weighted by atomic mass is 9.76. The van der Waals surface area contributed by atoms with Crippen molar-refractivity contribution in [2.24, 2.45) is 11.8 Å². The third-order valence-electron chi connectivity index (χ3n) is 3.76. The molecule has 0 aromatic rings. The lowest BCUT2D eigenvalue weighted by Crippen LogP contribution is -2.52. The van der Waals surface area contributed by atoms with Crippen LogP contribution in [0.1, 0.15) is 25.7 Å². The van der Waals surface area contributed by atoms with Gasteiger partial charge in [-0.25, -0.2) is 0 Å². The minimum absolute atomic E-state index is 0.136. The van der Waals surface area contributed by atoms with Gasteiger partial charge in [0.25, 0.3) is 0 Å². The number of ether oxygens (including phenoxy) is 2. The van der Waals surface area contributed by atoms with Crippen LogP contribution in [0.2, 0.25) is 0 Å². The van der Waals surface area contributed by atoms with Gasteiger partial charge in [-0.3, -0.25) is 4.79 Å². The number of carbonyl (C=O) groups excluding carboxylic acids is 1. The number of hydrogen-bond donors (Lipinski definition) is 1. The van der Waals surface area contributed by atoms with Gasteiger partial charge in [-0.1, -0.05) is 6.42 Å². The van der Waals surface area contributed by atoms with Gasteiger partial charge in [-0.15, -0.1) is 0 Å². The van der Waals surface area contributed by atoms with E-state index in [0.29, 0.717) is 19.6 Å². The van der Waals surface area contributed by atoms with Crippen molar-refractivity contribution in [3.05, 3.63) is 0 Å². The zero-order valence-electron chi connectivity index (χ0n) is 9.07. The maximum atomic E-state index is 11.6. The number of methoxy groups -OCH3 is 1. The van der Waals surface area contributed by atoms with E-state index >= 15 is 0 Å². The molecule has 1 N–H and O–H groups in total. The molecule has 4 heteroatoms. The second-order valence-electron chi connectivity index (χ2n) is 4.54. The molecule has 0 aromatic carbocycles. The van der Waals surface area contributed by atoms with Crippen molar-refractivity contribution < 1.29 is 19.4 Å². The topological polar surface area (TPSA) is 55.8 Å². The molecule has 2 fully saturated rings. The van der Waals surface area contributed by atoms with Crippen LogP contribution in [-0.2, 0) is 14.3 Å². The van der Waals surface area contributed by atoms with Gasteiger partial charge in [0.1, 0.15) is 0 Å². The van der Waals surface area contributed by atoms with Crippen molar-refractivity contribution in [1.82, 2.24) is 0 Å². The van der Waals surface area contributed by atoms with E-state index in [1.807, 2.05) is 0 Å². The van der Waals surface area contributed by atoms with Gasteiger partial charge >= 0.3 is 5.97 Å². The van der Waals surface area contributed by atoms with Crippen LogP contribution < -0.4 is 0 Å². The van der Waals surface area contributed by atoms with Gasteiger partial charge in [-0.05, 0) is 19.3 Å². The Morgan fingerprint density at radius 3 is 3.20 bits per heavy atom. The summed E-state index contributed by atoms with van der Waals surface area (Å²) in [4.78, 5) is 11.6. The van der Waals surface area contributed by atoms with Crippen LogP contribution in [0.15, 0.2) is 0 Å². The average Bonchev–Trinajstić information content (AvgIpc) is 2.58. The van der Waals surface area contributed by atoms with Crippen molar-refractivity contribution in [2.45, 2.75) is 31.3 Å². The van der Waals surface area contributed by atoms with E-state index in [9.17, 15) is 9.90 Å². The Morgan fingerprint density at radius 2 is 2.47 bits per heavy atom. The molecular weight excluding hydrogens is 196 g/mol. The first-order valence-electron chi connectivity index (χ1n) is 5.56. The number of carbonyl (C=O) groups is 1. The summed E-state index contributed by atoms with van der Waals surface area (Å²) >= 11 is 0. The fourth-order valence-electron chi connectivity index (χ4n) is 2.86. The van der Waals surface area contributed by atoms with Crippen LogP contribution >= 0.6 is 0 Å². The van der Waals surface area contributed by atoms with Crippen molar-refractivity contribution in [3.8, 4) is 0 Å². The monoisotopic (exact) mass is 214 g/mol. The molecule has 1 heterocycles. The highest BCUT2D eigenvalue weighted by Gasteiger charge is 2.53. The van der Waals surface area contributed by atoms with Gasteiger partial charge in [0.05, 0.1) is 18.1 Å². The first-order valence-corrected chi connectivity index (χ1v) is 5.56. The average molecular weight is 214 g/mol. The van der Waals surface area contributed by atoms with E-state index in [1.165, 1.54) is 0 Å². The number of esters is 1. The minimum atomic E-state index is -0.826. The van der Waals surface area contributed by atoms with Crippen LogP contribution in [0.25, 0.3) is 0 Å². The molecule has 3 atom stereocenters. The lowest BCUT2D eigenvalue weighted by Gasteiger charge is -2.40. The number of cyclic esters (lactones) is 1. The van der Waals surface area contributed by atoms with Gasteiger partial charge in [0, 0.05) is 19.6 Å². The van der Waals surface area contributed by atoms with Gasteiger partial charge in [0.15, 0.2) is 0 Å². The molecule has 15 heavy (non-hydrogen) atoms. The van der Waals surface area contributed by atoms with Gasteiger partial charge in [-0.2, -0.15) is 0 Å². The van der Waals surface area contributed by atoms with Crippen LogP contribution in [0, 0.1) is 11.8 Å². The Kier molecular flexibility index (Phi) is 2.98. The molecule has 86 valence electrons. The second kappa shape index (κ2) is 4.10. The summed E-state index contributed by atoms with van der Waals surface area (Å²) in [6, 6.07) is 0. The Morgan fingerprint density at radius 1 is 1.67 bits per heavy atom. The number of fused-ring (bicyclic) bond motifs is 1. The molecule has 3 unspecified atom stereocenters. The Hall–Kier alpha value is -0.610. The molecule has 0 spiro atoms. The third-order valence-corrected chi connectivity index (χ3v) is 3.76. The highest BCUT2D eigenvalue weighted by atomic mass is 16.5. The molecule has 0 aromatic heterocycles. The second-order valence-corrected chi connectivity index (χ2v) is 4.54. The molecule has 0 radical (unpaired) electrons. The molecular formula is C11H18O4. The molecule has 0 bridgehead atoms. The number of rotatable bonds is 3. The highest BCUT2D eigenvalue weighted by Crippen LogP contribution is 2.45. The summed E-state index contributed by atoms with van der Waals surface area (Å²) < 4.78 is 10.1. The Labute approximate surface area is 89.6 Å². The van der Waals surface area contributed by atoms with E-state index in [0.717, 1.165) is 19.3 Å². The fourth-order valence-corrected chi connectivity index (χ4v) is 2.86. The number of hydrogen-bond acceptors (Lipinski definition) is 4. The first-order chi connectivity index (χ1) is 7.18. The molecule has 4 nitrogen and oxygen atoms in total. The van der Waals surface area contributed by atoms with E-state index in [4.69, 9.17) is 9.47 Å². The van der Waals surface area contributed by atoms with Crippen molar-refractivity contribution in [3.63, 3.8) is 0 Å². The predicted molar refractivity (Wildman–Crippen MR) is 53.2 cm³/mol. The van der Waals surface area contributed by atoms with E-state index < -0.39 is 11.5 Å². The summed E-state index contributed by atoms with van der Waals surface area (Å²) in [5, 5.41) is 10.5. The smallest absolute Gasteiger partial charge is 0.311 e. The first kappa shape index (κ1) is 10.9. The minimum Gasteiger partial charge on any atom is -0.465 e. The fraction of sp³-hybridized carbons (Fsp3) is 0.909. The van der Waals surface area contributed by atoms with Crippen LogP contribution in [0.4, 0.5) is 0 Å². The standard InChI is InChI=1S/C11H18O4/c1-14-6-4-9-10(12)15-7-8-3-2-5-11(8,9)13/h8-9,13H,2-7H2,1H3. The summed E-state index contributed by atoms with van der Waals surface area (Å²) in [6.07, 6.45) is 3.23. The molecule has 1 saturated heterocycles. The lowest BCUT2D eigenvalue weighted by molar-refractivity contribution is -0.183. The van der Waals surface area contributed by atoms with Gasteiger partial charge in [0.2, 0.25) is 0 Å². The zero-order chi connectivity index (χ0) is 10.9. The van der Waals surface area contributed by atoms with Crippen molar-refractivity contribution >= 4 is 5.97 Å². The highest BCUT2D eigenvalue weighted by molar-refractivity contribution is 5.75. The van der Waals surface area contributed by atoms with Crippen LogP contribution in [-0.4, -0.2) is 37.0 Å². The van der Waals surface area contributed by atoms with E-state index in [1.54, 1.807) is 7.11 Å². The maximum absolute atomic E-state index is 11.6. The van der Waals surface area contributed by atoms with E-state index in [2.05, 4.69) is 0 Å².